The van der Waals surface area contributed by atoms with Crippen molar-refractivity contribution < 1.29 is 28.6 Å². The molecule has 0 rings (SSSR count). The van der Waals surface area contributed by atoms with Gasteiger partial charge in [-0.15, -0.1) is 0 Å². The van der Waals surface area contributed by atoms with Crippen LogP contribution in [-0.2, 0) is 28.6 Å². The lowest BCUT2D eigenvalue weighted by Gasteiger charge is -2.18. The van der Waals surface area contributed by atoms with E-state index in [2.05, 4.69) is 118 Å². The van der Waals surface area contributed by atoms with Crippen LogP contribution in [0.2, 0.25) is 0 Å². The van der Waals surface area contributed by atoms with Crippen LogP contribution in [0.5, 0.6) is 0 Å². The Balaban J connectivity index is 4.25. The Morgan fingerprint density at radius 1 is 0.263 bits per heavy atom. The lowest BCUT2D eigenvalue weighted by molar-refractivity contribution is -0.167. The number of hydrogen-bond acceptors (Lipinski definition) is 6. The van der Waals surface area contributed by atoms with Gasteiger partial charge in [-0.2, -0.15) is 0 Å². The first kappa shape index (κ1) is 76.3. The van der Waals surface area contributed by atoms with Crippen molar-refractivity contribution in [3.8, 4) is 0 Å². The van der Waals surface area contributed by atoms with Crippen molar-refractivity contribution in [1.82, 2.24) is 0 Å². The number of rotatable bonds is 62. The summed E-state index contributed by atoms with van der Waals surface area (Å²) in [6.07, 6.45) is 91.3. The average Bonchev–Trinajstić information content (AvgIpc) is 3.46. The van der Waals surface area contributed by atoms with Gasteiger partial charge in [0.05, 0.1) is 0 Å². The Hall–Kier alpha value is -3.67. The third-order valence-electron chi connectivity index (χ3n) is 14.8. The number of allylic oxidation sites excluding steroid dienone is 16. The topological polar surface area (TPSA) is 78.9 Å². The largest absolute Gasteiger partial charge is 0.462 e. The van der Waals surface area contributed by atoms with Crippen LogP contribution < -0.4 is 0 Å². The van der Waals surface area contributed by atoms with Gasteiger partial charge in [-0.3, -0.25) is 14.4 Å². The van der Waals surface area contributed by atoms with Gasteiger partial charge in [0.15, 0.2) is 6.10 Å². The maximum absolute atomic E-state index is 12.9. The molecule has 0 fully saturated rings. The number of carbonyl (C=O) groups is 3. The molecule has 0 aliphatic heterocycles. The summed E-state index contributed by atoms with van der Waals surface area (Å²) in [5, 5.41) is 0. The van der Waals surface area contributed by atoms with Crippen LogP contribution in [0.3, 0.4) is 0 Å². The Kier molecular flexibility index (Phi) is 64.7. The monoisotopic (exact) mass is 1110 g/mol. The molecule has 80 heavy (non-hydrogen) atoms. The van der Waals surface area contributed by atoms with E-state index < -0.39 is 6.10 Å². The van der Waals surface area contributed by atoms with E-state index >= 15 is 0 Å². The van der Waals surface area contributed by atoms with Crippen molar-refractivity contribution in [2.45, 2.75) is 341 Å². The van der Waals surface area contributed by atoms with E-state index in [1.807, 2.05) is 0 Å². The maximum atomic E-state index is 12.9. The molecule has 0 saturated heterocycles. The Bertz CT molecular complexity index is 1560. The van der Waals surface area contributed by atoms with Crippen LogP contribution in [0, 0.1) is 0 Å². The van der Waals surface area contributed by atoms with Gasteiger partial charge in [-0.1, -0.05) is 311 Å². The van der Waals surface area contributed by atoms with Crippen molar-refractivity contribution in [2.24, 2.45) is 0 Å². The summed E-state index contributed by atoms with van der Waals surface area (Å²) in [7, 11) is 0. The van der Waals surface area contributed by atoms with E-state index in [0.29, 0.717) is 19.3 Å². The molecule has 460 valence electrons. The van der Waals surface area contributed by atoms with E-state index in [0.717, 1.165) is 109 Å². The summed E-state index contributed by atoms with van der Waals surface area (Å²) in [5.41, 5.74) is 0. The SMILES string of the molecule is CC/C=C\C/C=C\C/C=C\C/C=C\C/C=C\C/C=C\CCCCCCCCCCCCCCC(=O)OCC(COC(=O)CCCCCCCCCCCCCCC)OC(=O)CCCCCCCCC/C=C\C/C=C\CCCCCC. The molecule has 6 heteroatoms. The van der Waals surface area contributed by atoms with E-state index in [1.165, 1.54) is 186 Å². The Morgan fingerprint density at radius 2 is 0.487 bits per heavy atom. The number of unbranched alkanes of at least 4 members (excludes halogenated alkanes) is 35. The van der Waals surface area contributed by atoms with Gasteiger partial charge >= 0.3 is 17.9 Å². The molecule has 0 heterocycles. The molecule has 0 aromatic carbocycles. The van der Waals surface area contributed by atoms with Gasteiger partial charge in [-0.05, 0) is 103 Å². The second-order valence-electron chi connectivity index (χ2n) is 22.7. The van der Waals surface area contributed by atoms with Crippen molar-refractivity contribution in [3.63, 3.8) is 0 Å². The third kappa shape index (κ3) is 65.1. The molecule has 0 saturated carbocycles. The van der Waals surface area contributed by atoms with Crippen LogP contribution in [0.25, 0.3) is 0 Å². The fourth-order valence-electron chi connectivity index (χ4n) is 9.71. The fourth-order valence-corrected chi connectivity index (χ4v) is 9.71. The van der Waals surface area contributed by atoms with Crippen molar-refractivity contribution in [3.05, 3.63) is 97.2 Å². The molecule has 6 nitrogen and oxygen atoms in total. The molecule has 0 radical (unpaired) electrons. The lowest BCUT2D eigenvalue weighted by Crippen LogP contribution is -2.30. The van der Waals surface area contributed by atoms with Gasteiger partial charge in [0.1, 0.15) is 13.2 Å². The van der Waals surface area contributed by atoms with Gasteiger partial charge in [0.25, 0.3) is 0 Å². The van der Waals surface area contributed by atoms with Crippen LogP contribution in [0.15, 0.2) is 97.2 Å². The summed E-state index contributed by atoms with van der Waals surface area (Å²) in [6, 6.07) is 0. The fraction of sp³-hybridized carbons (Fsp3) is 0.743. The molecule has 0 aromatic heterocycles. The van der Waals surface area contributed by atoms with Crippen molar-refractivity contribution in [2.75, 3.05) is 13.2 Å². The predicted octanol–water partition coefficient (Wildman–Crippen LogP) is 23.6. The number of ether oxygens (including phenoxy) is 3. The molecule has 0 spiro atoms. The minimum absolute atomic E-state index is 0.0770. The highest BCUT2D eigenvalue weighted by atomic mass is 16.6. The molecule has 0 N–H and O–H groups in total. The summed E-state index contributed by atoms with van der Waals surface area (Å²) in [6.45, 7) is 6.54. The van der Waals surface area contributed by atoms with Crippen LogP contribution in [-0.4, -0.2) is 37.2 Å². The zero-order chi connectivity index (χ0) is 57.8. The molecular weight excluding hydrogens is 985 g/mol. The van der Waals surface area contributed by atoms with E-state index in [9.17, 15) is 14.4 Å². The minimum Gasteiger partial charge on any atom is -0.462 e. The first-order valence-electron chi connectivity index (χ1n) is 34.2. The number of hydrogen-bond donors (Lipinski definition) is 0. The highest BCUT2D eigenvalue weighted by Gasteiger charge is 2.19. The quantitative estimate of drug-likeness (QED) is 0.0261. The van der Waals surface area contributed by atoms with Crippen LogP contribution >= 0.6 is 0 Å². The highest BCUT2D eigenvalue weighted by molar-refractivity contribution is 5.71. The van der Waals surface area contributed by atoms with Crippen molar-refractivity contribution >= 4 is 17.9 Å². The molecule has 0 aliphatic rings. The summed E-state index contributed by atoms with van der Waals surface area (Å²) in [5.74, 6) is -0.872. The van der Waals surface area contributed by atoms with Gasteiger partial charge < -0.3 is 14.2 Å². The Morgan fingerprint density at radius 3 is 0.775 bits per heavy atom. The smallest absolute Gasteiger partial charge is 0.306 e. The molecule has 1 atom stereocenters. The van der Waals surface area contributed by atoms with E-state index in [-0.39, 0.29) is 31.1 Å². The van der Waals surface area contributed by atoms with Crippen molar-refractivity contribution in [1.29, 1.82) is 0 Å². The van der Waals surface area contributed by atoms with Crippen LogP contribution in [0.4, 0.5) is 0 Å². The highest BCUT2D eigenvalue weighted by Crippen LogP contribution is 2.17. The normalized spacial score (nSPS) is 12.7. The molecular formula is C74H128O6. The molecule has 0 amide bonds. The zero-order valence-electron chi connectivity index (χ0n) is 52.8. The summed E-state index contributed by atoms with van der Waals surface area (Å²) < 4.78 is 17.0. The maximum Gasteiger partial charge on any atom is 0.306 e. The molecule has 1 unspecified atom stereocenters. The van der Waals surface area contributed by atoms with E-state index in [1.54, 1.807) is 0 Å². The summed E-state index contributed by atoms with van der Waals surface area (Å²) >= 11 is 0. The average molecular weight is 1110 g/mol. The molecule has 0 aromatic rings. The second kappa shape index (κ2) is 67.8. The first-order valence-corrected chi connectivity index (χ1v) is 34.2. The molecule has 0 bridgehead atoms. The molecule has 0 aliphatic carbocycles. The second-order valence-corrected chi connectivity index (χ2v) is 22.7. The summed E-state index contributed by atoms with van der Waals surface area (Å²) in [4.78, 5) is 38.4. The zero-order valence-corrected chi connectivity index (χ0v) is 52.8. The predicted molar refractivity (Wildman–Crippen MR) is 348 cm³/mol. The van der Waals surface area contributed by atoms with Crippen LogP contribution in [0.1, 0.15) is 335 Å². The third-order valence-corrected chi connectivity index (χ3v) is 14.8. The van der Waals surface area contributed by atoms with E-state index in [4.69, 9.17) is 14.2 Å². The Labute approximate surface area is 496 Å². The standard InChI is InChI=1S/C74H128O6/c1-4-7-10-13-16-19-22-25-27-29-31-32-33-34-35-36-37-38-39-40-41-42-43-45-46-49-52-55-58-61-64-67-73(76)79-70-71(69-78-72(75)66-63-60-57-54-51-48-24-21-18-15-12-9-6-3)80-74(77)68-65-62-59-56-53-50-47-44-30-28-26-23-20-17-14-11-8-5-2/h7,10,16,19-20,23,25,27-28,30-32,34-35,37-38,71H,4-6,8-9,11-15,17-18,21-22,24,26,29,33,36,39-70H2,1-3H3/b10-7-,19-16-,23-20-,27-25-,30-28-,32-31-,35-34-,38-37-. The van der Waals surface area contributed by atoms with Gasteiger partial charge in [-0.25, -0.2) is 0 Å². The first-order chi connectivity index (χ1) is 39.5. The lowest BCUT2D eigenvalue weighted by atomic mass is 10.0. The minimum atomic E-state index is -0.781. The van der Waals surface area contributed by atoms with Gasteiger partial charge in [0, 0.05) is 19.3 Å². The number of carbonyl (C=O) groups excluding carboxylic acids is 3. The number of esters is 3. The van der Waals surface area contributed by atoms with Gasteiger partial charge in [0.2, 0.25) is 0 Å².